The van der Waals surface area contributed by atoms with Gasteiger partial charge in [-0.25, -0.2) is 0 Å². The number of hydrogen-bond acceptors (Lipinski definition) is 6. The summed E-state index contributed by atoms with van der Waals surface area (Å²) in [5, 5.41) is 9.99. The average Bonchev–Trinajstić information content (AvgIpc) is 3.45. The standard InChI is InChI=1S/C25H24N4O4/c1-28-9-8-16-10-15(6-7-19(16)28)18-13-22(32-4)25-27-26-24(29(25)14-18)17-11-20(30-2)23(33-5)21(12-17)31-3/h6-14H,1-5H3. The lowest BCUT2D eigenvalue weighted by Gasteiger charge is -2.14. The Morgan fingerprint density at radius 1 is 0.697 bits per heavy atom. The van der Waals surface area contributed by atoms with E-state index in [1.165, 1.54) is 10.9 Å². The van der Waals surface area contributed by atoms with E-state index in [0.29, 0.717) is 34.5 Å². The zero-order chi connectivity index (χ0) is 23.1. The number of ether oxygens (including phenoxy) is 4. The molecule has 0 saturated heterocycles. The van der Waals surface area contributed by atoms with Crippen LogP contribution in [0.5, 0.6) is 23.0 Å². The molecule has 3 aromatic heterocycles. The summed E-state index contributed by atoms with van der Waals surface area (Å²) in [6.45, 7) is 0. The van der Waals surface area contributed by atoms with Gasteiger partial charge in [0.1, 0.15) is 0 Å². The summed E-state index contributed by atoms with van der Waals surface area (Å²) in [6.07, 6.45) is 4.07. The molecule has 0 fully saturated rings. The molecule has 0 aliphatic rings. The van der Waals surface area contributed by atoms with Crippen LogP contribution in [0.2, 0.25) is 0 Å². The van der Waals surface area contributed by atoms with Crippen molar-refractivity contribution in [3.63, 3.8) is 0 Å². The molecule has 0 atom stereocenters. The molecule has 0 aliphatic carbocycles. The van der Waals surface area contributed by atoms with E-state index >= 15 is 0 Å². The number of pyridine rings is 1. The second-order valence-electron chi connectivity index (χ2n) is 7.63. The minimum atomic E-state index is 0.520. The third-order valence-electron chi connectivity index (χ3n) is 5.83. The van der Waals surface area contributed by atoms with E-state index < -0.39 is 0 Å². The molecule has 3 heterocycles. The molecule has 2 aromatic carbocycles. The molecule has 8 heteroatoms. The number of aryl methyl sites for hydroxylation is 1. The van der Waals surface area contributed by atoms with Crippen molar-refractivity contribution in [1.82, 2.24) is 19.2 Å². The molecule has 33 heavy (non-hydrogen) atoms. The fraction of sp³-hybridized carbons (Fsp3) is 0.200. The van der Waals surface area contributed by atoms with Gasteiger partial charge in [0.15, 0.2) is 23.1 Å². The first-order chi connectivity index (χ1) is 16.1. The van der Waals surface area contributed by atoms with Gasteiger partial charge in [0.25, 0.3) is 0 Å². The summed E-state index contributed by atoms with van der Waals surface area (Å²) in [4.78, 5) is 0. The molecule has 0 saturated carbocycles. The molecule has 0 N–H and O–H groups in total. The highest BCUT2D eigenvalue weighted by atomic mass is 16.5. The molecular weight excluding hydrogens is 420 g/mol. The summed E-state index contributed by atoms with van der Waals surface area (Å²) >= 11 is 0. The first-order valence-electron chi connectivity index (χ1n) is 10.4. The van der Waals surface area contributed by atoms with E-state index in [1.807, 2.05) is 35.8 Å². The third kappa shape index (κ3) is 3.31. The summed E-state index contributed by atoms with van der Waals surface area (Å²) in [5.74, 6) is 2.87. The Morgan fingerprint density at radius 3 is 2.06 bits per heavy atom. The predicted octanol–water partition coefficient (Wildman–Crippen LogP) is 4.59. The topological polar surface area (TPSA) is 72.0 Å². The van der Waals surface area contributed by atoms with Gasteiger partial charge >= 0.3 is 0 Å². The summed E-state index contributed by atoms with van der Waals surface area (Å²) in [5.41, 5.74) is 4.62. The van der Waals surface area contributed by atoms with Crippen molar-refractivity contribution in [2.45, 2.75) is 0 Å². The summed E-state index contributed by atoms with van der Waals surface area (Å²) < 4.78 is 26.2. The van der Waals surface area contributed by atoms with Crippen molar-refractivity contribution in [2.75, 3.05) is 28.4 Å². The minimum Gasteiger partial charge on any atom is -0.493 e. The first kappa shape index (κ1) is 20.7. The van der Waals surface area contributed by atoms with Crippen molar-refractivity contribution >= 4 is 16.6 Å². The Bertz CT molecular complexity index is 1460. The number of methoxy groups -OCH3 is 4. The molecule has 5 aromatic rings. The van der Waals surface area contributed by atoms with Crippen molar-refractivity contribution in [3.05, 3.63) is 54.9 Å². The van der Waals surface area contributed by atoms with E-state index in [0.717, 1.165) is 16.7 Å². The highest BCUT2D eigenvalue weighted by Gasteiger charge is 2.19. The molecular formula is C25H24N4O4. The van der Waals surface area contributed by atoms with Crippen molar-refractivity contribution in [1.29, 1.82) is 0 Å². The number of aromatic nitrogens is 4. The van der Waals surface area contributed by atoms with E-state index in [9.17, 15) is 0 Å². The van der Waals surface area contributed by atoms with Crippen LogP contribution in [-0.2, 0) is 7.05 Å². The predicted molar refractivity (Wildman–Crippen MR) is 127 cm³/mol. The summed E-state index contributed by atoms with van der Waals surface area (Å²) in [7, 11) is 8.42. The Morgan fingerprint density at radius 2 is 1.39 bits per heavy atom. The van der Waals surface area contributed by atoms with Crippen LogP contribution in [-0.4, -0.2) is 47.6 Å². The molecule has 0 amide bonds. The maximum atomic E-state index is 5.66. The molecule has 5 rings (SSSR count). The number of benzene rings is 2. The zero-order valence-corrected chi connectivity index (χ0v) is 19.1. The molecule has 0 aliphatic heterocycles. The smallest absolute Gasteiger partial charge is 0.203 e. The van der Waals surface area contributed by atoms with Gasteiger partial charge in [-0.2, -0.15) is 0 Å². The third-order valence-corrected chi connectivity index (χ3v) is 5.83. The lowest BCUT2D eigenvalue weighted by atomic mass is 10.1. The Kier molecular flexibility index (Phi) is 5.05. The number of fused-ring (bicyclic) bond motifs is 2. The Balaban J connectivity index is 1.72. The van der Waals surface area contributed by atoms with Gasteiger partial charge in [-0.1, -0.05) is 6.07 Å². The zero-order valence-electron chi connectivity index (χ0n) is 19.1. The van der Waals surface area contributed by atoms with Crippen molar-refractivity contribution in [3.8, 4) is 45.5 Å². The highest BCUT2D eigenvalue weighted by molar-refractivity contribution is 5.86. The van der Waals surface area contributed by atoms with Crippen LogP contribution in [0.1, 0.15) is 0 Å². The molecule has 0 spiro atoms. The van der Waals surface area contributed by atoms with Gasteiger partial charge in [0.2, 0.25) is 11.4 Å². The lowest BCUT2D eigenvalue weighted by molar-refractivity contribution is 0.324. The second kappa shape index (κ2) is 8.05. The maximum Gasteiger partial charge on any atom is 0.203 e. The monoisotopic (exact) mass is 444 g/mol. The van der Waals surface area contributed by atoms with Crippen LogP contribution in [0.4, 0.5) is 0 Å². The quantitative estimate of drug-likeness (QED) is 0.382. The Labute approximate surface area is 190 Å². The first-order valence-corrected chi connectivity index (χ1v) is 10.4. The SMILES string of the molecule is COc1cc(-c2nnc3c(OC)cc(-c4ccc5c(ccn5C)c4)cn23)cc(OC)c1OC. The molecule has 0 radical (unpaired) electrons. The maximum absolute atomic E-state index is 5.66. The van der Waals surface area contributed by atoms with Gasteiger partial charge in [-0.3, -0.25) is 4.40 Å². The highest BCUT2D eigenvalue weighted by Crippen LogP contribution is 2.41. The van der Waals surface area contributed by atoms with Crippen LogP contribution in [0.25, 0.3) is 39.1 Å². The molecule has 0 unspecified atom stereocenters. The van der Waals surface area contributed by atoms with Gasteiger partial charge in [0, 0.05) is 41.5 Å². The number of hydrogen-bond donors (Lipinski definition) is 0. The van der Waals surface area contributed by atoms with Gasteiger partial charge < -0.3 is 23.5 Å². The van der Waals surface area contributed by atoms with Crippen LogP contribution >= 0.6 is 0 Å². The van der Waals surface area contributed by atoms with E-state index in [-0.39, 0.29) is 0 Å². The normalized spacial score (nSPS) is 11.2. The fourth-order valence-corrected chi connectivity index (χ4v) is 4.14. The van der Waals surface area contributed by atoms with Gasteiger partial charge in [-0.15, -0.1) is 10.2 Å². The lowest BCUT2D eigenvalue weighted by Crippen LogP contribution is -1.98. The molecule has 0 bridgehead atoms. The average molecular weight is 444 g/mol. The van der Waals surface area contributed by atoms with Crippen LogP contribution in [0.3, 0.4) is 0 Å². The largest absolute Gasteiger partial charge is 0.493 e. The second-order valence-corrected chi connectivity index (χ2v) is 7.63. The Hall–Kier alpha value is -4.20. The van der Waals surface area contributed by atoms with E-state index in [2.05, 4.69) is 45.2 Å². The van der Waals surface area contributed by atoms with Crippen molar-refractivity contribution < 1.29 is 18.9 Å². The van der Waals surface area contributed by atoms with E-state index in [4.69, 9.17) is 18.9 Å². The van der Waals surface area contributed by atoms with Gasteiger partial charge in [0.05, 0.1) is 28.4 Å². The number of rotatable bonds is 6. The molecule has 168 valence electrons. The number of nitrogens with zero attached hydrogens (tertiary/aromatic N) is 4. The van der Waals surface area contributed by atoms with Gasteiger partial charge in [-0.05, 0) is 42.0 Å². The molecule has 8 nitrogen and oxygen atoms in total. The van der Waals surface area contributed by atoms with Crippen LogP contribution in [0, 0.1) is 0 Å². The van der Waals surface area contributed by atoms with Crippen LogP contribution < -0.4 is 18.9 Å². The van der Waals surface area contributed by atoms with Crippen LogP contribution in [0.15, 0.2) is 54.9 Å². The van der Waals surface area contributed by atoms with E-state index in [1.54, 1.807) is 28.4 Å². The van der Waals surface area contributed by atoms with Crippen molar-refractivity contribution in [2.24, 2.45) is 7.05 Å². The fourth-order valence-electron chi connectivity index (χ4n) is 4.14. The minimum absolute atomic E-state index is 0.520. The summed E-state index contributed by atoms with van der Waals surface area (Å²) in [6, 6.07) is 14.2.